The van der Waals surface area contributed by atoms with Crippen LogP contribution in [0.4, 0.5) is 0 Å². The Morgan fingerprint density at radius 1 is 1.33 bits per heavy atom. The van der Waals surface area contributed by atoms with Crippen LogP contribution >= 0.6 is 0 Å². The molecule has 1 aromatic carbocycles. The van der Waals surface area contributed by atoms with Crippen LogP contribution < -0.4 is 10.5 Å². The summed E-state index contributed by atoms with van der Waals surface area (Å²) in [4.78, 5) is 0. The zero-order chi connectivity index (χ0) is 11.6. The van der Waals surface area contributed by atoms with Crippen LogP contribution in [-0.2, 0) is 12.0 Å². The van der Waals surface area contributed by atoms with Crippen LogP contribution in [0.1, 0.15) is 31.9 Å². The Hall–Kier alpha value is -1.22. The number of ether oxygens (including phenoxy) is 1. The Balaban J connectivity index is 3.32. The van der Waals surface area contributed by atoms with Crippen LogP contribution in [0.15, 0.2) is 12.1 Å². The number of aromatic hydroxyl groups is 1. The number of hydrogen-bond donors (Lipinski definition) is 2. The summed E-state index contributed by atoms with van der Waals surface area (Å²) in [5, 5.41) is 9.87. The molecule has 84 valence electrons. The molecule has 0 heterocycles. The van der Waals surface area contributed by atoms with E-state index in [1.54, 1.807) is 13.2 Å². The first kappa shape index (κ1) is 11.9. The van der Waals surface area contributed by atoms with Crippen molar-refractivity contribution in [3.63, 3.8) is 0 Å². The maximum absolute atomic E-state index is 9.87. The zero-order valence-corrected chi connectivity index (χ0v) is 9.79. The van der Waals surface area contributed by atoms with E-state index < -0.39 is 0 Å². The Kier molecular flexibility index (Phi) is 3.25. The maximum Gasteiger partial charge on any atom is 0.123 e. The minimum Gasteiger partial charge on any atom is -0.508 e. The number of benzene rings is 1. The Morgan fingerprint density at radius 3 is 2.33 bits per heavy atom. The van der Waals surface area contributed by atoms with Crippen LogP contribution in [0.5, 0.6) is 11.5 Å². The molecule has 0 bridgehead atoms. The highest BCUT2D eigenvalue weighted by atomic mass is 16.5. The quantitative estimate of drug-likeness (QED) is 0.784. The van der Waals surface area contributed by atoms with Gasteiger partial charge in [-0.25, -0.2) is 0 Å². The van der Waals surface area contributed by atoms with E-state index in [4.69, 9.17) is 10.5 Å². The predicted octanol–water partition coefficient (Wildman–Crippen LogP) is 2.16. The monoisotopic (exact) mass is 209 g/mol. The van der Waals surface area contributed by atoms with Crippen LogP contribution in [0.3, 0.4) is 0 Å². The maximum atomic E-state index is 9.87. The molecule has 0 amide bonds. The van der Waals surface area contributed by atoms with E-state index in [0.29, 0.717) is 6.54 Å². The lowest BCUT2D eigenvalue weighted by atomic mass is 9.85. The molecule has 0 radical (unpaired) electrons. The van der Waals surface area contributed by atoms with Crippen molar-refractivity contribution in [1.82, 2.24) is 0 Å². The lowest BCUT2D eigenvalue weighted by Gasteiger charge is -2.22. The smallest absolute Gasteiger partial charge is 0.123 e. The van der Waals surface area contributed by atoms with Crippen molar-refractivity contribution >= 4 is 0 Å². The summed E-state index contributed by atoms with van der Waals surface area (Å²) in [5.74, 6) is 1.02. The average Bonchev–Trinajstić information content (AvgIpc) is 2.15. The molecular weight excluding hydrogens is 190 g/mol. The number of hydrogen-bond acceptors (Lipinski definition) is 3. The molecule has 0 saturated carbocycles. The van der Waals surface area contributed by atoms with Gasteiger partial charge in [0.05, 0.1) is 7.11 Å². The van der Waals surface area contributed by atoms with Gasteiger partial charge in [0.15, 0.2) is 0 Å². The molecule has 15 heavy (non-hydrogen) atoms. The van der Waals surface area contributed by atoms with Crippen LogP contribution in [0.25, 0.3) is 0 Å². The fraction of sp³-hybridized carbons (Fsp3) is 0.500. The van der Waals surface area contributed by atoms with E-state index in [-0.39, 0.29) is 11.2 Å². The SMILES string of the molecule is COc1cc(C(C)(C)C)c(O)cc1CN. The molecule has 0 atom stereocenters. The second-order valence-electron chi connectivity index (χ2n) is 4.64. The molecule has 0 unspecified atom stereocenters. The summed E-state index contributed by atoms with van der Waals surface area (Å²) >= 11 is 0. The lowest BCUT2D eigenvalue weighted by Crippen LogP contribution is -2.12. The van der Waals surface area contributed by atoms with Gasteiger partial charge in [0.25, 0.3) is 0 Å². The fourth-order valence-corrected chi connectivity index (χ4v) is 1.56. The van der Waals surface area contributed by atoms with Crippen molar-refractivity contribution in [2.75, 3.05) is 7.11 Å². The van der Waals surface area contributed by atoms with E-state index in [1.807, 2.05) is 26.8 Å². The minimum absolute atomic E-state index is 0.107. The second kappa shape index (κ2) is 4.11. The molecular formula is C12H19NO2. The van der Waals surface area contributed by atoms with E-state index >= 15 is 0 Å². The molecule has 0 aliphatic carbocycles. The van der Waals surface area contributed by atoms with E-state index in [9.17, 15) is 5.11 Å². The van der Waals surface area contributed by atoms with Crippen molar-refractivity contribution in [3.05, 3.63) is 23.3 Å². The standard InChI is InChI=1S/C12H19NO2/c1-12(2,3)9-6-11(15-4)8(7-13)5-10(9)14/h5-6,14H,7,13H2,1-4H3. The first-order valence-electron chi connectivity index (χ1n) is 5.00. The van der Waals surface area contributed by atoms with Gasteiger partial charge in [0.1, 0.15) is 11.5 Å². The summed E-state index contributed by atoms with van der Waals surface area (Å²) in [5.41, 5.74) is 7.15. The van der Waals surface area contributed by atoms with Crippen molar-refractivity contribution in [2.24, 2.45) is 5.73 Å². The molecule has 3 N–H and O–H groups in total. The molecule has 0 spiro atoms. The van der Waals surface area contributed by atoms with Gasteiger partial charge < -0.3 is 15.6 Å². The Morgan fingerprint density at radius 2 is 1.93 bits per heavy atom. The average molecular weight is 209 g/mol. The van der Waals surface area contributed by atoms with Gasteiger partial charge in [-0.2, -0.15) is 0 Å². The van der Waals surface area contributed by atoms with Crippen molar-refractivity contribution in [1.29, 1.82) is 0 Å². The van der Waals surface area contributed by atoms with Gasteiger partial charge in [-0.15, -0.1) is 0 Å². The largest absolute Gasteiger partial charge is 0.508 e. The molecule has 0 saturated heterocycles. The summed E-state index contributed by atoms with van der Waals surface area (Å²) in [7, 11) is 1.61. The zero-order valence-electron chi connectivity index (χ0n) is 9.79. The molecule has 0 fully saturated rings. The fourth-order valence-electron chi connectivity index (χ4n) is 1.56. The third-order valence-electron chi connectivity index (χ3n) is 2.43. The molecule has 0 aliphatic heterocycles. The van der Waals surface area contributed by atoms with Crippen LogP contribution in [0.2, 0.25) is 0 Å². The Bertz CT molecular complexity index is 353. The van der Waals surface area contributed by atoms with Crippen molar-refractivity contribution in [2.45, 2.75) is 32.7 Å². The number of methoxy groups -OCH3 is 1. The molecule has 0 aromatic heterocycles. The summed E-state index contributed by atoms with van der Waals surface area (Å²) < 4.78 is 5.24. The van der Waals surface area contributed by atoms with Crippen LogP contribution in [-0.4, -0.2) is 12.2 Å². The highest BCUT2D eigenvalue weighted by molar-refractivity contribution is 5.48. The normalized spacial score (nSPS) is 11.5. The topological polar surface area (TPSA) is 55.5 Å². The second-order valence-corrected chi connectivity index (χ2v) is 4.64. The van der Waals surface area contributed by atoms with E-state index in [0.717, 1.165) is 16.9 Å². The third kappa shape index (κ3) is 2.42. The molecule has 1 aromatic rings. The van der Waals surface area contributed by atoms with Crippen molar-refractivity contribution < 1.29 is 9.84 Å². The summed E-state index contributed by atoms with van der Waals surface area (Å²) in [6, 6.07) is 3.54. The third-order valence-corrected chi connectivity index (χ3v) is 2.43. The number of phenolic OH excluding ortho intramolecular Hbond substituents is 1. The highest BCUT2D eigenvalue weighted by Crippen LogP contribution is 2.35. The number of nitrogens with two attached hydrogens (primary N) is 1. The van der Waals surface area contributed by atoms with Crippen molar-refractivity contribution in [3.8, 4) is 11.5 Å². The minimum atomic E-state index is -0.107. The summed E-state index contributed by atoms with van der Waals surface area (Å²) in [6.45, 7) is 6.50. The predicted molar refractivity (Wildman–Crippen MR) is 61.3 cm³/mol. The van der Waals surface area contributed by atoms with Gasteiger partial charge in [-0.05, 0) is 17.5 Å². The molecule has 3 nitrogen and oxygen atoms in total. The van der Waals surface area contributed by atoms with Crippen LogP contribution in [0, 0.1) is 0 Å². The first-order chi connectivity index (χ1) is 6.90. The first-order valence-corrected chi connectivity index (χ1v) is 5.00. The molecule has 0 aliphatic rings. The lowest BCUT2D eigenvalue weighted by molar-refractivity contribution is 0.400. The Labute approximate surface area is 90.9 Å². The number of phenols is 1. The van der Waals surface area contributed by atoms with E-state index in [2.05, 4.69) is 0 Å². The van der Waals surface area contributed by atoms with Gasteiger partial charge in [-0.3, -0.25) is 0 Å². The van der Waals surface area contributed by atoms with Gasteiger partial charge in [-0.1, -0.05) is 20.8 Å². The summed E-state index contributed by atoms with van der Waals surface area (Å²) in [6.07, 6.45) is 0. The molecule has 1 rings (SSSR count). The number of rotatable bonds is 2. The highest BCUT2D eigenvalue weighted by Gasteiger charge is 2.20. The van der Waals surface area contributed by atoms with E-state index in [1.165, 1.54) is 0 Å². The van der Waals surface area contributed by atoms with Gasteiger partial charge in [0.2, 0.25) is 0 Å². The van der Waals surface area contributed by atoms with Gasteiger partial charge >= 0.3 is 0 Å². The van der Waals surface area contributed by atoms with Gasteiger partial charge in [0, 0.05) is 17.7 Å². The molecule has 3 heteroatoms.